The Labute approximate surface area is 137 Å². The molecule has 0 radical (unpaired) electrons. The highest BCUT2D eigenvalue weighted by Crippen LogP contribution is 2.09. The van der Waals surface area contributed by atoms with Crippen LogP contribution in [0.3, 0.4) is 0 Å². The quantitative estimate of drug-likeness (QED) is 0.825. The zero-order chi connectivity index (χ0) is 17.6. The summed E-state index contributed by atoms with van der Waals surface area (Å²) in [4.78, 5) is 13.5. The molecule has 1 aromatic carbocycles. The number of urea groups is 1. The van der Waals surface area contributed by atoms with Gasteiger partial charge in [-0.25, -0.2) is 17.6 Å². The monoisotopic (exact) mass is 344 g/mol. The van der Waals surface area contributed by atoms with Crippen molar-refractivity contribution in [2.75, 3.05) is 18.6 Å². The van der Waals surface area contributed by atoms with Crippen molar-refractivity contribution in [2.24, 2.45) is 0 Å². The largest absolute Gasteiger partial charge is 0.335 e. The second-order valence-corrected chi connectivity index (χ2v) is 8.20. The van der Waals surface area contributed by atoms with E-state index >= 15 is 0 Å². The molecule has 1 N–H and O–H groups in total. The molecular formula is C16H25FN2O3S. The highest BCUT2D eigenvalue weighted by atomic mass is 32.2. The fourth-order valence-corrected chi connectivity index (χ4v) is 3.35. The lowest BCUT2D eigenvalue weighted by Gasteiger charge is -2.27. The van der Waals surface area contributed by atoms with Crippen molar-refractivity contribution in [1.29, 1.82) is 0 Å². The van der Waals surface area contributed by atoms with E-state index in [4.69, 9.17) is 0 Å². The minimum absolute atomic E-state index is 0.0521. The minimum Gasteiger partial charge on any atom is -0.335 e. The molecule has 0 saturated carbocycles. The standard InChI is InChI=1S/C16H25FN2O3S/c1-5-23(21,22)11-13(3)19(4)16(20)18-12(2)10-14-8-6-7-9-15(14)17/h6-9,12-13H,5,10-11H2,1-4H3,(H,18,20)/t12-,13+/m1/s1. The SMILES string of the molecule is CCS(=O)(=O)C[C@H](C)N(C)C(=O)N[C@H](C)Cc1ccccc1F. The van der Waals surface area contributed by atoms with E-state index in [-0.39, 0.29) is 29.4 Å². The first kappa shape index (κ1) is 19.4. The van der Waals surface area contributed by atoms with Crippen LogP contribution in [0.4, 0.5) is 9.18 Å². The van der Waals surface area contributed by atoms with E-state index in [9.17, 15) is 17.6 Å². The van der Waals surface area contributed by atoms with Crippen LogP contribution in [0.15, 0.2) is 24.3 Å². The number of nitrogens with one attached hydrogen (secondary N) is 1. The fourth-order valence-electron chi connectivity index (χ4n) is 2.15. The molecule has 1 aromatic rings. The summed E-state index contributed by atoms with van der Waals surface area (Å²) in [6.45, 7) is 5.05. The van der Waals surface area contributed by atoms with Gasteiger partial charge in [0.25, 0.3) is 0 Å². The molecule has 0 bridgehead atoms. The number of halogens is 1. The summed E-state index contributed by atoms with van der Waals surface area (Å²) < 4.78 is 36.9. The third-order valence-corrected chi connectivity index (χ3v) is 5.64. The lowest BCUT2D eigenvalue weighted by Crippen LogP contribution is -2.48. The lowest BCUT2D eigenvalue weighted by atomic mass is 10.1. The smallest absolute Gasteiger partial charge is 0.317 e. The van der Waals surface area contributed by atoms with Crippen molar-refractivity contribution in [3.05, 3.63) is 35.6 Å². The van der Waals surface area contributed by atoms with Crippen molar-refractivity contribution in [3.63, 3.8) is 0 Å². The summed E-state index contributed by atoms with van der Waals surface area (Å²) in [5.41, 5.74) is 0.532. The summed E-state index contributed by atoms with van der Waals surface area (Å²) in [5.74, 6) is -0.324. The van der Waals surface area contributed by atoms with Crippen molar-refractivity contribution in [2.45, 2.75) is 39.3 Å². The summed E-state index contributed by atoms with van der Waals surface area (Å²) in [6.07, 6.45) is 0.369. The number of rotatable bonds is 7. The number of sulfone groups is 1. The number of hydrogen-bond donors (Lipinski definition) is 1. The molecule has 0 heterocycles. The Morgan fingerprint density at radius 3 is 2.48 bits per heavy atom. The molecule has 0 aliphatic carbocycles. The van der Waals surface area contributed by atoms with Gasteiger partial charge in [0, 0.05) is 24.9 Å². The van der Waals surface area contributed by atoms with Gasteiger partial charge in [0.2, 0.25) is 0 Å². The second kappa shape index (κ2) is 8.29. The molecule has 0 aromatic heterocycles. The molecule has 0 spiro atoms. The van der Waals surface area contributed by atoms with Gasteiger partial charge >= 0.3 is 6.03 Å². The van der Waals surface area contributed by atoms with E-state index in [0.29, 0.717) is 12.0 Å². The minimum atomic E-state index is -3.15. The first-order valence-corrected chi connectivity index (χ1v) is 9.45. The van der Waals surface area contributed by atoms with E-state index in [1.165, 1.54) is 11.0 Å². The third-order valence-electron chi connectivity index (χ3n) is 3.77. The van der Waals surface area contributed by atoms with E-state index in [2.05, 4.69) is 5.32 Å². The van der Waals surface area contributed by atoms with Gasteiger partial charge in [-0.3, -0.25) is 0 Å². The fraction of sp³-hybridized carbons (Fsp3) is 0.562. The van der Waals surface area contributed by atoms with Crippen molar-refractivity contribution in [1.82, 2.24) is 10.2 Å². The average molecular weight is 344 g/mol. The molecule has 130 valence electrons. The zero-order valence-electron chi connectivity index (χ0n) is 14.0. The lowest BCUT2D eigenvalue weighted by molar-refractivity contribution is 0.194. The number of nitrogens with zero attached hydrogens (tertiary/aromatic N) is 1. The second-order valence-electron chi connectivity index (χ2n) is 5.80. The van der Waals surface area contributed by atoms with Gasteiger partial charge in [0.05, 0.1) is 5.75 Å². The van der Waals surface area contributed by atoms with E-state index < -0.39 is 15.9 Å². The Bertz CT molecular complexity index is 634. The number of carbonyl (C=O) groups excluding carboxylic acids is 1. The molecule has 5 nitrogen and oxygen atoms in total. The van der Waals surface area contributed by atoms with Crippen LogP contribution in [-0.2, 0) is 16.3 Å². The van der Waals surface area contributed by atoms with Crippen molar-refractivity contribution >= 4 is 15.9 Å². The predicted octanol–water partition coefficient (Wildman–Crippen LogP) is 2.22. The summed E-state index contributed by atoms with van der Waals surface area (Å²) in [6, 6.07) is 5.36. The van der Waals surface area contributed by atoms with E-state index in [0.717, 1.165) is 0 Å². The Morgan fingerprint density at radius 1 is 1.30 bits per heavy atom. The molecule has 0 unspecified atom stereocenters. The molecule has 2 amide bonds. The van der Waals surface area contributed by atoms with Gasteiger partial charge in [-0.05, 0) is 31.9 Å². The zero-order valence-corrected chi connectivity index (χ0v) is 14.9. The number of hydrogen-bond acceptors (Lipinski definition) is 3. The normalized spacial score (nSPS) is 14.1. The molecule has 0 fully saturated rings. The molecule has 1 rings (SSSR count). The van der Waals surface area contributed by atoms with Crippen molar-refractivity contribution in [3.8, 4) is 0 Å². The molecular weight excluding hydrogens is 319 g/mol. The topological polar surface area (TPSA) is 66.5 Å². The third kappa shape index (κ3) is 6.17. The van der Waals surface area contributed by atoms with Crippen LogP contribution in [0.5, 0.6) is 0 Å². The Balaban J connectivity index is 2.59. The summed E-state index contributed by atoms with van der Waals surface area (Å²) >= 11 is 0. The van der Waals surface area contributed by atoms with Gasteiger partial charge in [-0.2, -0.15) is 0 Å². The Hall–Kier alpha value is -1.63. The average Bonchev–Trinajstić information content (AvgIpc) is 2.48. The van der Waals surface area contributed by atoms with Crippen LogP contribution in [0.25, 0.3) is 0 Å². The maximum Gasteiger partial charge on any atom is 0.317 e. The maximum atomic E-state index is 13.6. The van der Waals surface area contributed by atoms with E-state index in [1.807, 2.05) is 0 Å². The van der Waals surface area contributed by atoms with Crippen LogP contribution in [0.1, 0.15) is 26.3 Å². The molecule has 23 heavy (non-hydrogen) atoms. The molecule has 0 aliphatic heterocycles. The molecule has 7 heteroatoms. The van der Waals surface area contributed by atoms with Crippen LogP contribution < -0.4 is 5.32 Å². The van der Waals surface area contributed by atoms with Crippen LogP contribution in [0.2, 0.25) is 0 Å². The molecule has 0 saturated heterocycles. The predicted molar refractivity (Wildman–Crippen MR) is 89.7 cm³/mol. The van der Waals surface area contributed by atoms with Crippen LogP contribution >= 0.6 is 0 Å². The van der Waals surface area contributed by atoms with Gasteiger partial charge in [-0.1, -0.05) is 25.1 Å². The number of benzene rings is 1. The molecule has 0 aliphatic rings. The van der Waals surface area contributed by atoms with Crippen LogP contribution in [0, 0.1) is 5.82 Å². The van der Waals surface area contributed by atoms with Gasteiger partial charge in [-0.15, -0.1) is 0 Å². The summed E-state index contributed by atoms with van der Waals surface area (Å²) in [7, 11) is -1.59. The first-order valence-electron chi connectivity index (χ1n) is 7.63. The highest BCUT2D eigenvalue weighted by molar-refractivity contribution is 7.91. The number of carbonyl (C=O) groups is 1. The Kier molecular flexibility index (Phi) is 7.00. The highest BCUT2D eigenvalue weighted by Gasteiger charge is 2.22. The Morgan fingerprint density at radius 2 is 1.91 bits per heavy atom. The first-order chi connectivity index (χ1) is 10.7. The summed E-state index contributed by atoms with van der Waals surface area (Å²) in [5, 5.41) is 2.77. The maximum absolute atomic E-state index is 13.6. The van der Waals surface area contributed by atoms with Crippen LogP contribution in [-0.4, -0.2) is 50.0 Å². The molecule has 2 atom stereocenters. The number of amides is 2. The van der Waals surface area contributed by atoms with Gasteiger partial charge in [0.15, 0.2) is 9.84 Å². The van der Waals surface area contributed by atoms with Crippen molar-refractivity contribution < 1.29 is 17.6 Å². The van der Waals surface area contributed by atoms with E-state index in [1.54, 1.807) is 46.0 Å². The van der Waals surface area contributed by atoms with Gasteiger partial charge in [0.1, 0.15) is 5.82 Å². The van der Waals surface area contributed by atoms with Gasteiger partial charge < -0.3 is 10.2 Å².